The van der Waals surface area contributed by atoms with Crippen LogP contribution < -0.4 is 13.6 Å². The van der Waals surface area contributed by atoms with Gasteiger partial charge in [-0.2, -0.15) is 0 Å². The summed E-state index contributed by atoms with van der Waals surface area (Å²) in [5, 5.41) is 2.98. The molecular weight excluding hydrogens is 671 g/mol. The normalized spacial score (nSPS) is 16.2. The van der Waals surface area contributed by atoms with Crippen LogP contribution >= 0.6 is 17.0 Å². The molecule has 0 saturated carbocycles. The van der Waals surface area contributed by atoms with Gasteiger partial charge in [-0.25, -0.2) is 0 Å². The van der Waals surface area contributed by atoms with Gasteiger partial charge in [-0.15, -0.1) is 0 Å². The zero-order valence-corrected chi connectivity index (χ0v) is 31.5. The van der Waals surface area contributed by atoms with Crippen LogP contribution in [-0.4, -0.2) is 9.52 Å². The van der Waals surface area contributed by atoms with E-state index in [1.807, 2.05) is 0 Å². The van der Waals surface area contributed by atoms with Gasteiger partial charge in [-0.1, -0.05) is 0 Å². The molecule has 0 saturated heterocycles. The first kappa shape index (κ1) is 30.2. The fourth-order valence-electron chi connectivity index (χ4n) is 7.49. The molecule has 0 amide bonds. The molecule has 0 N–H and O–H groups in total. The Bertz CT molecular complexity index is 1930. The van der Waals surface area contributed by atoms with Gasteiger partial charge in [-0.05, 0) is 0 Å². The van der Waals surface area contributed by atoms with Gasteiger partial charge in [0.25, 0.3) is 0 Å². The first-order valence-corrected chi connectivity index (χ1v) is 26.1. The monoisotopic (exact) mass is 706 g/mol. The Morgan fingerprint density at radius 2 is 1.32 bits per heavy atom. The summed E-state index contributed by atoms with van der Waals surface area (Å²) in [6, 6.07) is 40.1. The van der Waals surface area contributed by atoms with Crippen LogP contribution in [0.25, 0.3) is 39.5 Å². The van der Waals surface area contributed by atoms with Crippen LogP contribution in [0.2, 0.25) is 0 Å². The molecule has 4 heteroatoms. The number of halogens is 2. The molecule has 0 aromatic heterocycles. The number of rotatable bonds is 5. The molecule has 1 heterocycles. The van der Waals surface area contributed by atoms with E-state index >= 15 is 0 Å². The van der Waals surface area contributed by atoms with Crippen molar-refractivity contribution in [1.82, 2.24) is 0 Å². The Hall–Kier alpha value is -2.48. The van der Waals surface area contributed by atoms with Crippen LogP contribution in [0, 0.1) is 5.92 Å². The SMILES string of the molecule is CC(C)C1=Cc2c(ccc(C(C)(C)C)c2-c2ccccc2-c2ccccc2)[CH]1[Zr]([Cl])([Cl])[c]1cccc2c1[SiH2]c1ccccc1-2. The Balaban J connectivity index is 1.46. The van der Waals surface area contributed by atoms with Gasteiger partial charge < -0.3 is 0 Å². The van der Waals surface area contributed by atoms with E-state index in [-0.39, 0.29) is 9.04 Å². The summed E-state index contributed by atoms with van der Waals surface area (Å²) >= 11 is -4.08. The summed E-state index contributed by atoms with van der Waals surface area (Å²) < 4.78 is 1.35. The van der Waals surface area contributed by atoms with Crippen LogP contribution in [0.15, 0.2) is 115 Å². The summed E-state index contributed by atoms with van der Waals surface area (Å²) in [6.07, 6.45) is 2.47. The summed E-state index contributed by atoms with van der Waals surface area (Å²) in [6.45, 7) is 11.6. The van der Waals surface area contributed by atoms with Gasteiger partial charge in [0.1, 0.15) is 0 Å². The predicted molar refractivity (Wildman–Crippen MR) is 193 cm³/mol. The second-order valence-electron chi connectivity index (χ2n) is 13.7. The molecule has 1 aliphatic carbocycles. The molecule has 7 rings (SSSR count). The number of hydrogen-bond acceptors (Lipinski definition) is 0. The van der Waals surface area contributed by atoms with Crippen LogP contribution in [0.4, 0.5) is 0 Å². The molecule has 1 unspecified atom stereocenters. The van der Waals surface area contributed by atoms with Gasteiger partial charge in [-0.3, -0.25) is 0 Å². The minimum atomic E-state index is -4.08. The number of fused-ring (bicyclic) bond motifs is 4. The Labute approximate surface area is 276 Å². The number of hydrogen-bond donors (Lipinski definition) is 0. The summed E-state index contributed by atoms with van der Waals surface area (Å²) in [7, 11) is 15.3. The molecule has 0 nitrogen and oxygen atoms in total. The third-order valence-corrected chi connectivity index (χ3v) is 23.8. The van der Waals surface area contributed by atoms with Crippen LogP contribution in [0.5, 0.6) is 0 Å². The van der Waals surface area contributed by atoms with Gasteiger partial charge in [0, 0.05) is 0 Å². The number of benzene rings is 5. The standard InChI is InChI=1S/C28H29.C12H9Si.2ClH.Zr/c1-19(2)22-17-21-15-16-26(28(3,4)5)27(25(21)18-22)24-14-10-9-13-23(24)20-11-7-6-8-12-20;1-3-7-11-9(5-1)10-6-2-4-8-12(10)13-11;;;/h6-19H,1-5H3;1-7H,13H2;2*1H;/q;;;;+2/p-2. The Kier molecular flexibility index (Phi) is 7.82. The summed E-state index contributed by atoms with van der Waals surface area (Å²) in [4.78, 5) is 0. The van der Waals surface area contributed by atoms with Gasteiger partial charge in [0.2, 0.25) is 0 Å². The van der Waals surface area contributed by atoms with E-state index in [1.54, 1.807) is 0 Å². The zero-order valence-electron chi connectivity index (χ0n) is 26.1. The quantitative estimate of drug-likeness (QED) is 0.157. The molecule has 44 heavy (non-hydrogen) atoms. The van der Waals surface area contributed by atoms with E-state index < -0.39 is 27.4 Å². The van der Waals surface area contributed by atoms with E-state index in [4.69, 9.17) is 17.0 Å². The maximum absolute atomic E-state index is 7.97. The van der Waals surface area contributed by atoms with Crippen molar-refractivity contribution in [2.45, 2.75) is 43.7 Å². The van der Waals surface area contributed by atoms with E-state index in [2.05, 4.69) is 150 Å². The van der Waals surface area contributed by atoms with Crippen molar-refractivity contribution in [3.63, 3.8) is 0 Å². The van der Waals surface area contributed by atoms with Crippen molar-refractivity contribution < 1.29 is 17.9 Å². The van der Waals surface area contributed by atoms with Crippen LogP contribution in [0.1, 0.15) is 54.9 Å². The third kappa shape index (κ3) is 4.98. The second kappa shape index (κ2) is 11.4. The maximum atomic E-state index is 7.97. The molecule has 0 fully saturated rings. The van der Waals surface area contributed by atoms with Crippen molar-refractivity contribution >= 4 is 46.3 Å². The van der Waals surface area contributed by atoms with Crippen molar-refractivity contribution in [2.75, 3.05) is 0 Å². The topological polar surface area (TPSA) is 0 Å². The molecule has 1 atom stereocenters. The van der Waals surface area contributed by atoms with Crippen molar-refractivity contribution in [2.24, 2.45) is 5.92 Å². The third-order valence-electron chi connectivity index (χ3n) is 9.56. The Morgan fingerprint density at radius 1 is 0.682 bits per heavy atom. The molecular formula is C40H38Cl2SiZr. The molecule has 2 aliphatic rings. The summed E-state index contributed by atoms with van der Waals surface area (Å²) in [5.74, 6) is 0.336. The fourth-order valence-corrected chi connectivity index (χ4v) is 24.5. The average molecular weight is 709 g/mol. The second-order valence-corrected chi connectivity index (χ2v) is 29.5. The first-order chi connectivity index (χ1) is 21.1. The predicted octanol–water partition coefficient (Wildman–Crippen LogP) is 9.30. The molecule has 0 bridgehead atoms. The molecule has 5 aromatic carbocycles. The van der Waals surface area contributed by atoms with Crippen molar-refractivity contribution in [3.8, 4) is 33.4 Å². The molecule has 0 radical (unpaired) electrons. The van der Waals surface area contributed by atoms with Crippen molar-refractivity contribution in [1.29, 1.82) is 0 Å². The summed E-state index contributed by atoms with van der Waals surface area (Å²) in [5.41, 5.74) is 13.2. The fraction of sp³-hybridized carbons (Fsp3) is 0.200. The first-order valence-electron chi connectivity index (χ1n) is 15.7. The molecule has 1 aliphatic heterocycles. The molecule has 5 aromatic rings. The molecule has 0 spiro atoms. The number of allylic oxidation sites excluding steroid dienone is 1. The van der Waals surface area contributed by atoms with Gasteiger partial charge in [0.05, 0.1) is 0 Å². The Morgan fingerprint density at radius 3 is 2.02 bits per heavy atom. The van der Waals surface area contributed by atoms with Crippen molar-refractivity contribution in [3.05, 3.63) is 131 Å². The molecule has 220 valence electrons. The zero-order chi connectivity index (χ0) is 30.8. The van der Waals surface area contributed by atoms with E-state index in [9.17, 15) is 0 Å². The van der Waals surface area contributed by atoms with E-state index in [1.165, 1.54) is 69.3 Å². The minimum absolute atomic E-state index is 0.0436. The van der Waals surface area contributed by atoms with Crippen LogP contribution in [-0.2, 0) is 23.3 Å². The van der Waals surface area contributed by atoms with Gasteiger partial charge >= 0.3 is 279 Å². The van der Waals surface area contributed by atoms with Crippen LogP contribution in [0.3, 0.4) is 0 Å². The van der Waals surface area contributed by atoms with E-state index in [0.29, 0.717) is 5.92 Å². The van der Waals surface area contributed by atoms with Gasteiger partial charge in [0.15, 0.2) is 0 Å². The average Bonchev–Trinajstić information content (AvgIpc) is 3.60. The van der Waals surface area contributed by atoms with E-state index in [0.717, 1.165) is 0 Å².